The predicted octanol–water partition coefficient (Wildman–Crippen LogP) is 2.56. The van der Waals surface area contributed by atoms with Crippen LogP contribution >= 0.6 is 0 Å². The van der Waals surface area contributed by atoms with Crippen LogP contribution in [0.25, 0.3) is 0 Å². The van der Waals surface area contributed by atoms with Crippen LogP contribution in [-0.2, 0) is 9.53 Å². The molecule has 3 N–H and O–H groups in total. The molecular weight excluding hydrogens is 264 g/mol. The van der Waals surface area contributed by atoms with Crippen LogP contribution in [0.4, 0.5) is 0 Å². The van der Waals surface area contributed by atoms with Crippen LogP contribution in [0.5, 0.6) is 0 Å². The maximum atomic E-state index is 12.4. The third-order valence-electron chi connectivity index (χ3n) is 5.20. The van der Waals surface area contributed by atoms with Gasteiger partial charge in [0.15, 0.2) is 0 Å². The average molecular weight is 298 g/mol. The van der Waals surface area contributed by atoms with Crippen molar-refractivity contribution < 1.29 is 9.53 Å². The molecule has 0 heterocycles. The van der Waals surface area contributed by atoms with E-state index in [4.69, 9.17) is 10.5 Å². The first kappa shape index (κ1) is 18.4. The van der Waals surface area contributed by atoms with E-state index in [9.17, 15) is 4.79 Å². The maximum absolute atomic E-state index is 12.4. The van der Waals surface area contributed by atoms with Crippen molar-refractivity contribution in [2.24, 2.45) is 28.9 Å². The van der Waals surface area contributed by atoms with Crippen LogP contribution in [-0.4, -0.2) is 31.7 Å². The summed E-state index contributed by atoms with van der Waals surface area (Å²) < 4.78 is 5.54. The lowest BCUT2D eigenvalue weighted by Crippen LogP contribution is -2.51. The molecule has 1 saturated carbocycles. The molecular formula is C17H34N2O2. The molecule has 1 rings (SSSR count). The monoisotopic (exact) mass is 298 g/mol. The molecule has 4 nitrogen and oxygen atoms in total. The summed E-state index contributed by atoms with van der Waals surface area (Å²) in [6.07, 6.45) is 2.89. The lowest BCUT2D eigenvalue weighted by atomic mass is 9.61. The maximum Gasteiger partial charge on any atom is 0.223 e. The van der Waals surface area contributed by atoms with Gasteiger partial charge in [0, 0.05) is 25.1 Å². The number of carbonyl (C=O) groups is 1. The van der Waals surface area contributed by atoms with E-state index in [-0.39, 0.29) is 23.3 Å². The molecule has 1 amide bonds. The lowest BCUT2D eigenvalue weighted by molar-refractivity contribution is -0.132. The molecule has 3 unspecified atom stereocenters. The lowest BCUT2D eigenvalue weighted by Gasteiger charge is -2.46. The summed E-state index contributed by atoms with van der Waals surface area (Å²) >= 11 is 0. The Morgan fingerprint density at radius 2 is 2.00 bits per heavy atom. The molecule has 0 radical (unpaired) electrons. The molecule has 21 heavy (non-hydrogen) atoms. The van der Waals surface area contributed by atoms with E-state index in [0.29, 0.717) is 25.0 Å². The first-order valence-electron chi connectivity index (χ1n) is 8.37. The van der Waals surface area contributed by atoms with Crippen LogP contribution in [0.3, 0.4) is 0 Å². The number of ether oxygens (including phenoxy) is 1. The van der Waals surface area contributed by atoms with E-state index in [2.05, 4.69) is 39.9 Å². The van der Waals surface area contributed by atoms with Crippen LogP contribution in [0.1, 0.15) is 53.9 Å². The number of nitrogens with two attached hydrogens (primary N) is 1. The fraction of sp³-hybridized carbons (Fsp3) is 0.941. The molecule has 0 saturated heterocycles. The number of hydrogen-bond acceptors (Lipinski definition) is 3. The van der Waals surface area contributed by atoms with Gasteiger partial charge in [-0.25, -0.2) is 0 Å². The Bertz CT molecular complexity index is 329. The molecule has 3 atom stereocenters. The Morgan fingerprint density at radius 1 is 1.33 bits per heavy atom. The SMILES string of the molecule is CC(C)CCOCCNC(=O)C1CCC(N)C(C)C1(C)C. The number of carbonyl (C=O) groups excluding carboxylic acids is 1. The molecule has 0 aromatic heterocycles. The zero-order valence-electron chi connectivity index (χ0n) is 14.4. The van der Waals surface area contributed by atoms with Crippen molar-refractivity contribution in [2.45, 2.75) is 59.9 Å². The first-order valence-corrected chi connectivity index (χ1v) is 8.37. The van der Waals surface area contributed by atoms with Crippen molar-refractivity contribution in [3.05, 3.63) is 0 Å². The van der Waals surface area contributed by atoms with E-state index in [0.717, 1.165) is 25.9 Å². The van der Waals surface area contributed by atoms with Gasteiger partial charge in [0.1, 0.15) is 0 Å². The summed E-state index contributed by atoms with van der Waals surface area (Å²) in [6.45, 7) is 12.8. The van der Waals surface area contributed by atoms with Gasteiger partial charge in [-0.3, -0.25) is 4.79 Å². The van der Waals surface area contributed by atoms with E-state index in [1.165, 1.54) is 0 Å². The quantitative estimate of drug-likeness (QED) is 0.710. The molecule has 4 heteroatoms. The standard InChI is InChI=1S/C17H34N2O2/c1-12(2)8-10-21-11-9-19-16(20)14-6-7-15(18)13(3)17(14,4)5/h12-15H,6-11,18H2,1-5H3,(H,19,20). The molecule has 1 aliphatic rings. The van der Waals surface area contributed by atoms with E-state index < -0.39 is 0 Å². The second-order valence-corrected chi connectivity index (χ2v) is 7.49. The van der Waals surface area contributed by atoms with Gasteiger partial charge in [-0.2, -0.15) is 0 Å². The Morgan fingerprint density at radius 3 is 2.62 bits per heavy atom. The van der Waals surface area contributed by atoms with Gasteiger partial charge >= 0.3 is 0 Å². The summed E-state index contributed by atoms with van der Waals surface area (Å²) in [5.41, 5.74) is 6.10. The summed E-state index contributed by atoms with van der Waals surface area (Å²) in [4.78, 5) is 12.4. The van der Waals surface area contributed by atoms with Crippen LogP contribution < -0.4 is 11.1 Å². The minimum absolute atomic E-state index is 0.0414. The van der Waals surface area contributed by atoms with Gasteiger partial charge in [-0.05, 0) is 36.5 Å². The van der Waals surface area contributed by atoms with Crippen molar-refractivity contribution in [1.82, 2.24) is 5.32 Å². The van der Waals surface area contributed by atoms with Crippen molar-refractivity contribution in [2.75, 3.05) is 19.8 Å². The topological polar surface area (TPSA) is 64.3 Å². The van der Waals surface area contributed by atoms with Crippen molar-refractivity contribution in [3.63, 3.8) is 0 Å². The van der Waals surface area contributed by atoms with Gasteiger partial charge in [-0.1, -0.05) is 34.6 Å². The summed E-state index contributed by atoms with van der Waals surface area (Å²) in [5, 5.41) is 3.03. The largest absolute Gasteiger partial charge is 0.380 e. The van der Waals surface area contributed by atoms with Crippen molar-refractivity contribution in [1.29, 1.82) is 0 Å². The highest BCUT2D eigenvalue weighted by atomic mass is 16.5. The van der Waals surface area contributed by atoms with Gasteiger partial charge < -0.3 is 15.8 Å². The van der Waals surface area contributed by atoms with Gasteiger partial charge in [-0.15, -0.1) is 0 Å². The molecule has 0 spiro atoms. The molecule has 1 fully saturated rings. The molecule has 0 bridgehead atoms. The Balaban J connectivity index is 2.31. The fourth-order valence-electron chi connectivity index (χ4n) is 3.11. The second-order valence-electron chi connectivity index (χ2n) is 7.49. The van der Waals surface area contributed by atoms with Crippen molar-refractivity contribution >= 4 is 5.91 Å². The average Bonchev–Trinajstić information content (AvgIpc) is 2.39. The highest BCUT2D eigenvalue weighted by molar-refractivity contribution is 5.79. The second kappa shape index (κ2) is 8.14. The highest BCUT2D eigenvalue weighted by Crippen LogP contribution is 2.44. The fourth-order valence-corrected chi connectivity index (χ4v) is 3.11. The first-order chi connectivity index (χ1) is 9.76. The number of rotatable bonds is 7. The zero-order valence-corrected chi connectivity index (χ0v) is 14.4. The summed E-state index contributed by atoms with van der Waals surface area (Å²) in [6, 6.07) is 0.211. The van der Waals surface area contributed by atoms with Gasteiger partial charge in [0.2, 0.25) is 5.91 Å². The van der Waals surface area contributed by atoms with Crippen LogP contribution in [0.15, 0.2) is 0 Å². The Kier molecular flexibility index (Phi) is 7.14. The number of amides is 1. The smallest absolute Gasteiger partial charge is 0.223 e. The minimum atomic E-state index is -0.0414. The van der Waals surface area contributed by atoms with E-state index in [1.807, 2.05) is 0 Å². The van der Waals surface area contributed by atoms with E-state index in [1.54, 1.807) is 0 Å². The Hall–Kier alpha value is -0.610. The molecule has 0 aromatic rings. The molecule has 124 valence electrons. The Labute approximate surface area is 130 Å². The van der Waals surface area contributed by atoms with Crippen LogP contribution in [0.2, 0.25) is 0 Å². The van der Waals surface area contributed by atoms with Crippen molar-refractivity contribution in [3.8, 4) is 0 Å². The summed E-state index contributed by atoms with van der Waals surface area (Å²) in [5.74, 6) is 1.24. The molecule has 0 aromatic carbocycles. The van der Waals surface area contributed by atoms with Gasteiger partial charge in [0.25, 0.3) is 0 Å². The predicted molar refractivity (Wildman–Crippen MR) is 86.9 cm³/mol. The van der Waals surface area contributed by atoms with Crippen LogP contribution in [0, 0.1) is 23.2 Å². The molecule has 0 aliphatic heterocycles. The zero-order chi connectivity index (χ0) is 16.0. The number of hydrogen-bond donors (Lipinski definition) is 2. The third-order valence-corrected chi connectivity index (χ3v) is 5.20. The number of nitrogens with one attached hydrogen (secondary N) is 1. The van der Waals surface area contributed by atoms with Gasteiger partial charge in [0.05, 0.1) is 6.61 Å². The minimum Gasteiger partial charge on any atom is -0.380 e. The third kappa shape index (κ3) is 5.26. The molecule has 1 aliphatic carbocycles. The normalized spacial score (nSPS) is 28.6. The summed E-state index contributed by atoms with van der Waals surface area (Å²) in [7, 11) is 0. The van der Waals surface area contributed by atoms with E-state index >= 15 is 0 Å². The highest BCUT2D eigenvalue weighted by Gasteiger charge is 2.44.